The predicted octanol–water partition coefficient (Wildman–Crippen LogP) is 3.46. The van der Waals surface area contributed by atoms with Crippen molar-refractivity contribution < 1.29 is 13.2 Å². The number of hydrogen-bond donors (Lipinski definition) is 1. The molecule has 0 bridgehead atoms. The monoisotopic (exact) mass is 251 g/mol. The first-order valence-corrected chi connectivity index (χ1v) is 5.46. The number of halogens is 3. The smallest absolute Gasteiger partial charge is 0.163 e. The van der Waals surface area contributed by atoms with Gasteiger partial charge in [0.2, 0.25) is 0 Å². The fourth-order valence-corrected chi connectivity index (χ4v) is 1.81. The van der Waals surface area contributed by atoms with Crippen LogP contribution in [0, 0.1) is 24.4 Å². The molecule has 1 unspecified atom stereocenters. The van der Waals surface area contributed by atoms with Crippen molar-refractivity contribution in [2.45, 2.75) is 13.0 Å². The van der Waals surface area contributed by atoms with Gasteiger partial charge in [-0.2, -0.15) is 0 Å². The second-order valence-electron chi connectivity index (χ2n) is 4.15. The SMILES string of the molecule is Cc1ccc(C(N)c2cccc(F)c2F)c(F)c1. The molecule has 2 aromatic rings. The molecule has 94 valence electrons. The van der Waals surface area contributed by atoms with Gasteiger partial charge in [-0.05, 0) is 24.6 Å². The zero-order chi connectivity index (χ0) is 13.3. The summed E-state index contributed by atoms with van der Waals surface area (Å²) in [6.45, 7) is 1.74. The molecule has 1 atom stereocenters. The Labute approximate surface area is 103 Å². The van der Waals surface area contributed by atoms with Gasteiger partial charge in [-0.15, -0.1) is 0 Å². The van der Waals surface area contributed by atoms with Gasteiger partial charge in [-0.1, -0.05) is 24.3 Å². The minimum absolute atomic E-state index is 0.0576. The first-order chi connectivity index (χ1) is 8.50. The van der Waals surface area contributed by atoms with Crippen molar-refractivity contribution in [3.05, 3.63) is 70.5 Å². The molecule has 4 heteroatoms. The van der Waals surface area contributed by atoms with E-state index >= 15 is 0 Å². The molecule has 0 radical (unpaired) electrons. The van der Waals surface area contributed by atoms with Crippen LogP contribution in [-0.2, 0) is 0 Å². The first kappa shape index (κ1) is 12.6. The Morgan fingerprint density at radius 1 is 0.944 bits per heavy atom. The molecule has 0 aliphatic rings. The van der Waals surface area contributed by atoms with Gasteiger partial charge >= 0.3 is 0 Å². The van der Waals surface area contributed by atoms with E-state index in [1.807, 2.05) is 0 Å². The summed E-state index contributed by atoms with van der Waals surface area (Å²) in [6.07, 6.45) is 0. The molecule has 0 fully saturated rings. The topological polar surface area (TPSA) is 26.0 Å². The van der Waals surface area contributed by atoms with E-state index in [-0.39, 0.29) is 11.1 Å². The second-order valence-corrected chi connectivity index (χ2v) is 4.15. The summed E-state index contributed by atoms with van der Waals surface area (Å²) in [5.41, 5.74) is 6.62. The summed E-state index contributed by atoms with van der Waals surface area (Å²) >= 11 is 0. The Kier molecular flexibility index (Phi) is 3.39. The molecule has 0 aliphatic carbocycles. The molecule has 2 aromatic carbocycles. The van der Waals surface area contributed by atoms with Crippen molar-refractivity contribution in [3.63, 3.8) is 0 Å². The highest BCUT2D eigenvalue weighted by atomic mass is 19.2. The van der Waals surface area contributed by atoms with Crippen molar-refractivity contribution in [3.8, 4) is 0 Å². The van der Waals surface area contributed by atoms with Crippen molar-refractivity contribution >= 4 is 0 Å². The van der Waals surface area contributed by atoms with Gasteiger partial charge in [0.05, 0.1) is 6.04 Å². The standard InChI is InChI=1S/C14H12F3N/c1-8-5-6-9(12(16)7-8)14(18)10-3-2-4-11(15)13(10)17/h2-7,14H,18H2,1H3. The van der Waals surface area contributed by atoms with Gasteiger partial charge in [0.25, 0.3) is 0 Å². The van der Waals surface area contributed by atoms with E-state index in [0.717, 1.165) is 11.6 Å². The average Bonchev–Trinajstić information content (AvgIpc) is 2.32. The molecular formula is C14H12F3N. The van der Waals surface area contributed by atoms with Crippen LogP contribution in [0.1, 0.15) is 22.7 Å². The van der Waals surface area contributed by atoms with Gasteiger partial charge in [0, 0.05) is 11.1 Å². The summed E-state index contributed by atoms with van der Waals surface area (Å²) < 4.78 is 40.4. The lowest BCUT2D eigenvalue weighted by molar-refractivity contribution is 0.492. The second kappa shape index (κ2) is 4.82. The quantitative estimate of drug-likeness (QED) is 0.869. The molecule has 0 saturated heterocycles. The maximum atomic E-state index is 13.7. The molecule has 1 nitrogen and oxygen atoms in total. The minimum Gasteiger partial charge on any atom is -0.320 e. The zero-order valence-corrected chi connectivity index (χ0v) is 9.75. The van der Waals surface area contributed by atoms with E-state index in [1.54, 1.807) is 13.0 Å². The van der Waals surface area contributed by atoms with E-state index in [9.17, 15) is 13.2 Å². The summed E-state index contributed by atoms with van der Waals surface area (Å²) in [6, 6.07) is 7.14. The van der Waals surface area contributed by atoms with Crippen molar-refractivity contribution in [2.24, 2.45) is 5.73 Å². The zero-order valence-electron chi connectivity index (χ0n) is 9.75. The van der Waals surface area contributed by atoms with Crippen LogP contribution in [0.5, 0.6) is 0 Å². The van der Waals surface area contributed by atoms with Crippen LogP contribution in [0.2, 0.25) is 0 Å². The van der Waals surface area contributed by atoms with Crippen molar-refractivity contribution in [2.75, 3.05) is 0 Å². The Morgan fingerprint density at radius 2 is 1.67 bits per heavy atom. The summed E-state index contributed by atoms with van der Waals surface area (Å²) in [4.78, 5) is 0. The maximum Gasteiger partial charge on any atom is 0.163 e. The van der Waals surface area contributed by atoms with Crippen molar-refractivity contribution in [1.29, 1.82) is 0 Å². The summed E-state index contributed by atoms with van der Waals surface area (Å²) in [5.74, 6) is -2.55. The number of hydrogen-bond acceptors (Lipinski definition) is 1. The maximum absolute atomic E-state index is 13.7. The third-order valence-corrected chi connectivity index (χ3v) is 2.81. The van der Waals surface area contributed by atoms with E-state index in [1.165, 1.54) is 24.3 Å². The first-order valence-electron chi connectivity index (χ1n) is 5.46. The highest BCUT2D eigenvalue weighted by molar-refractivity contribution is 5.35. The lowest BCUT2D eigenvalue weighted by Gasteiger charge is -2.15. The largest absolute Gasteiger partial charge is 0.320 e. The van der Waals surface area contributed by atoms with Gasteiger partial charge in [-0.25, -0.2) is 13.2 Å². The van der Waals surface area contributed by atoms with Crippen LogP contribution < -0.4 is 5.73 Å². The third kappa shape index (κ3) is 2.24. The van der Waals surface area contributed by atoms with Crippen LogP contribution in [0.4, 0.5) is 13.2 Å². The fourth-order valence-electron chi connectivity index (χ4n) is 1.81. The normalized spacial score (nSPS) is 12.5. The Morgan fingerprint density at radius 3 is 2.33 bits per heavy atom. The minimum atomic E-state index is -1.04. The molecule has 0 amide bonds. The number of benzene rings is 2. The lowest BCUT2D eigenvalue weighted by Crippen LogP contribution is -2.16. The molecule has 18 heavy (non-hydrogen) atoms. The van der Waals surface area contributed by atoms with E-state index in [0.29, 0.717) is 0 Å². The molecule has 2 N–H and O–H groups in total. The van der Waals surface area contributed by atoms with E-state index < -0.39 is 23.5 Å². The molecule has 0 heterocycles. The third-order valence-electron chi connectivity index (χ3n) is 2.81. The van der Waals surface area contributed by atoms with Crippen molar-refractivity contribution in [1.82, 2.24) is 0 Å². The molecular weight excluding hydrogens is 239 g/mol. The van der Waals surface area contributed by atoms with Gasteiger partial charge in [0.15, 0.2) is 11.6 Å². The number of nitrogens with two attached hydrogens (primary N) is 1. The molecule has 0 saturated carbocycles. The molecule has 0 spiro atoms. The van der Waals surface area contributed by atoms with Gasteiger partial charge in [-0.3, -0.25) is 0 Å². The van der Waals surface area contributed by atoms with Crippen LogP contribution in [0.25, 0.3) is 0 Å². The number of rotatable bonds is 2. The lowest BCUT2D eigenvalue weighted by atomic mass is 9.97. The Bertz CT molecular complexity index is 581. The highest BCUT2D eigenvalue weighted by Crippen LogP contribution is 2.25. The predicted molar refractivity (Wildman–Crippen MR) is 63.5 cm³/mol. The molecule has 0 aromatic heterocycles. The van der Waals surface area contributed by atoms with Crippen LogP contribution in [0.3, 0.4) is 0 Å². The van der Waals surface area contributed by atoms with Crippen LogP contribution >= 0.6 is 0 Å². The highest BCUT2D eigenvalue weighted by Gasteiger charge is 2.19. The van der Waals surface area contributed by atoms with Crippen LogP contribution in [-0.4, -0.2) is 0 Å². The molecule has 0 aliphatic heterocycles. The van der Waals surface area contributed by atoms with Crippen LogP contribution in [0.15, 0.2) is 36.4 Å². The van der Waals surface area contributed by atoms with E-state index in [4.69, 9.17) is 5.73 Å². The van der Waals surface area contributed by atoms with E-state index in [2.05, 4.69) is 0 Å². The molecule has 2 rings (SSSR count). The number of aryl methyl sites for hydroxylation is 1. The average molecular weight is 251 g/mol. The summed E-state index contributed by atoms with van der Waals surface area (Å²) in [7, 11) is 0. The Balaban J connectivity index is 2.48. The summed E-state index contributed by atoms with van der Waals surface area (Å²) in [5, 5.41) is 0. The fraction of sp³-hybridized carbons (Fsp3) is 0.143. The van der Waals surface area contributed by atoms with Gasteiger partial charge < -0.3 is 5.73 Å². The van der Waals surface area contributed by atoms with Gasteiger partial charge in [0.1, 0.15) is 5.82 Å². The Hall–Kier alpha value is -1.81.